The van der Waals surface area contributed by atoms with Crippen molar-refractivity contribution in [2.45, 2.75) is 38.1 Å². The van der Waals surface area contributed by atoms with Gasteiger partial charge in [-0.1, -0.05) is 12.1 Å². The number of nitrogens with one attached hydrogen (secondary N) is 1. The molecule has 1 saturated heterocycles. The highest BCUT2D eigenvalue weighted by Crippen LogP contribution is 2.40. The molecule has 3 rings (SSSR count). The summed E-state index contributed by atoms with van der Waals surface area (Å²) in [5.74, 6) is 0.615. The van der Waals surface area contributed by atoms with E-state index in [0.717, 1.165) is 12.5 Å². The first-order valence-corrected chi connectivity index (χ1v) is 8.04. The van der Waals surface area contributed by atoms with Crippen molar-refractivity contribution in [1.29, 1.82) is 0 Å². The molecule has 0 bridgehead atoms. The van der Waals surface area contributed by atoms with Crippen molar-refractivity contribution in [3.8, 4) is 0 Å². The van der Waals surface area contributed by atoms with Gasteiger partial charge in [-0.3, -0.25) is 0 Å². The second-order valence-electron chi connectivity index (χ2n) is 6.22. The second-order valence-corrected chi connectivity index (χ2v) is 6.22. The monoisotopic (exact) mass is 276 g/mol. The molecule has 2 fully saturated rings. The van der Waals surface area contributed by atoms with Crippen molar-refractivity contribution in [1.82, 2.24) is 10.2 Å². The molecule has 1 atom stereocenters. The topological polar surface area (TPSA) is 15.3 Å². The van der Waals surface area contributed by atoms with E-state index in [1.165, 1.54) is 57.3 Å². The lowest BCUT2D eigenvalue weighted by Crippen LogP contribution is -2.28. The Balaban J connectivity index is 1.46. The molecule has 1 aliphatic carbocycles. The van der Waals surface area contributed by atoms with Crippen LogP contribution in [0, 0.1) is 11.7 Å². The van der Waals surface area contributed by atoms with Gasteiger partial charge < -0.3 is 10.2 Å². The highest BCUT2D eigenvalue weighted by atomic mass is 19.1. The molecule has 1 aromatic rings. The third-order valence-corrected chi connectivity index (χ3v) is 4.54. The average molecular weight is 276 g/mol. The molecule has 0 amide bonds. The molecule has 1 aromatic carbocycles. The summed E-state index contributed by atoms with van der Waals surface area (Å²) >= 11 is 0. The van der Waals surface area contributed by atoms with E-state index in [1.807, 2.05) is 12.1 Å². The Kier molecular flexibility index (Phi) is 4.69. The summed E-state index contributed by atoms with van der Waals surface area (Å²) in [4.78, 5) is 2.56. The summed E-state index contributed by atoms with van der Waals surface area (Å²) in [6.07, 6.45) is 6.56. The van der Waals surface area contributed by atoms with Gasteiger partial charge in [0.2, 0.25) is 0 Å². The number of likely N-dealkylation sites (tertiary alicyclic amines) is 1. The van der Waals surface area contributed by atoms with Crippen LogP contribution in [0.2, 0.25) is 0 Å². The molecule has 0 radical (unpaired) electrons. The Morgan fingerprint density at radius 1 is 1.15 bits per heavy atom. The maximum atomic E-state index is 13.0. The summed E-state index contributed by atoms with van der Waals surface area (Å²) in [6.45, 7) is 4.84. The van der Waals surface area contributed by atoms with E-state index in [-0.39, 0.29) is 5.82 Å². The molecule has 2 aliphatic rings. The Hall–Kier alpha value is -0.930. The van der Waals surface area contributed by atoms with Gasteiger partial charge in [-0.15, -0.1) is 0 Å². The zero-order valence-electron chi connectivity index (χ0n) is 12.2. The van der Waals surface area contributed by atoms with E-state index in [2.05, 4.69) is 10.2 Å². The molecule has 3 heteroatoms. The standard InChI is InChI=1S/C17H25FN2/c18-16-8-6-15(7-9-16)17(14-4-5-14)19-10-3-13-20-11-1-2-12-20/h6-9,14,17,19H,1-5,10-13H2. The molecular weight excluding hydrogens is 251 g/mol. The van der Waals surface area contributed by atoms with Crippen LogP contribution in [0.15, 0.2) is 24.3 Å². The summed E-state index contributed by atoms with van der Waals surface area (Å²) in [6, 6.07) is 7.46. The third-order valence-electron chi connectivity index (χ3n) is 4.54. The normalized spacial score (nSPS) is 21.2. The summed E-state index contributed by atoms with van der Waals surface area (Å²) in [5.41, 5.74) is 1.25. The Labute approximate surface area is 121 Å². The molecule has 1 unspecified atom stereocenters. The summed E-state index contributed by atoms with van der Waals surface area (Å²) in [7, 11) is 0. The van der Waals surface area contributed by atoms with Crippen LogP contribution >= 0.6 is 0 Å². The molecule has 110 valence electrons. The van der Waals surface area contributed by atoms with Gasteiger partial charge in [0.05, 0.1) is 0 Å². The first kappa shape index (κ1) is 14.0. The van der Waals surface area contributed by atoms with Gasteiger partial charge >= 0.3 is 0 Å². The minimum Gasteiger partial charge on any atom is -0.310 e. The summed E-state index contributed by atoms with van der Waals surface area (Å²) in [5, 5.41) is 3.69. The average Bonchev–Trinajstić information content (AvgIpc) is 3.16. The van der Waals surface area contributed by atoms with Crippen LogP contribution in [0.4, 0.5) is 4.39 Å². The quantitative estimate of drug-likeness (QED) is 0.768. The van der Waals surface area contributed by atoms with Gasteiger partial charge in [0, 0.05) is 6.04 Å². The van der Waals surface area contributed by atoms with Gasteiger partial charge in [-0.2, -0.15) is 0 Å². The van der Waals surface area contributed by atoms with Crippen molar-refractivity contribution in [3.63, 3.8) is 0 Å². The molecule has 1 heterocycles. The van der Waals surface area contributed by atoms with Crippen LogP contribution in [-0.4, -0.2) is 31.1 Å². The molecule has 1 N–H and O–H groups in total. The fraction of sp³-hybridized carbons (Fsp3) is 0.647. The lowest BCUT2D eigenvalue weighted by molar-refractivity contribution is 0.325. The Morgan fingerprint density at radius 2 is 1.85 bits per heavy atom. The molecule has 20 heavy (non-hydrogen) atoms. The minimum atomic E-state index is -0.141. The zero-order chi connectivity index (χ0) is 13.8. The maximum Gasteiger partial charge on any atom is 0.123 e. The van der Waals surface area contributed by atoms with Crippen molar-refractivity contribution in [2.24, 2.45) is 5.92 Å². The number of benzene rings is 1. The number of nitrogens with zero attached hydrogens (tertiary/aromatic N) is 1. The largest absolute Gasteiger partial charge is 0.310 e. The fourth-order valence-corrected chi connectivity index (χ4v) is 3.22. The SMILES string of the molecule is Fc1ccc(C(NCCCN2CCCC2)C2CC2)cc1. The lowest BCUT2D eigenvalue weighted by atomic mass is 10.0. The molecule has 0 spiro atoms. The molecule has 1 saturated carbocycles. The van der Waals surface area contributed by atoms with Crippen molar-refractivity contribution in [3.05, 3.63) is 35.6 Å². The maximum absolute atomic E-state index is 13.0. The predicted molar refractivity (Wildman–Crippen MR) is 80.2 cm³/mol. The van der Waals surface area contributed by atoms with E-state index >= 15 is 0 Å². The zero-order valence-corrected chi connectivity index (χ0v) is 12.2. The first-order valence-electron chi connectivity index (χ1n) is 8.04. The number of hydrogen-bond acceptors (Lipinski definition) is 2. The van der Waals surface area contributed by atoms with E-state index in [1.54, 1.807) is 12.1 Å². The van der Waals surface area contributed by atoms with Crippen LogP contribution in [0.25, 0.3) is 0 Å². The van der Waals surface area contributed by atoms with Gasteiger partial charge in [0.15, 0.2) is 0 Å². The van der Waals surface area contributed by atoms with Gasteiger partial charge in [0.25, 0.3) is 0 Å². The van der Waals surface area contributed by atoms with E-state index in [4.69, 9.17) is 0 Å². The molecule has 2 nitrogen and oxygen atoms in total. The van der Waals surface area contributed by atoms with Crippen molar-refractivity contribution in [2.75, 3.05) is 26.2 Å². The molecule has 0 aromatic heterocycles. The smallest absolute Gasteiger partial charge is 0.123 e. The van der Waals surface area contributed by atoms with Gasteiger partial charge in [-0.25, -0.2) is 4.39 Å². The lowest BCUT2D eigenvalue weighted by Gasteiger charge is -2.20. The molecular formula is C17H25FN2. The van der Waals surface area contributed by atoms with Crippen LogP contribution in [0.3, 0.4) is 0 Å². The van der Waals surface area contributed by atoms with Crippen LogP contribution < -0.4 is 5.32 Å². The Morgan fingerprint density at radius 3 is 2.50 bits per heavy atom. The van der Waals surface area contributed by atoms with Crippen molar-refractivity contribution < 1.29 is 4.39 Å². The van der Waals surface area contributed by atoms with Crippen molar-refractivity contribution >= 4 is 0 Å². The molecule has 1 aliphatic heterocycles. The Bertz CT molecular complexity index is 408. The second kappa shape index (κ2) is 6.68. The summed E-state index contributed by atoms with van der Waals surface area (Å²) < 4.78 is 13.0. The van der Waals surface area contributed by atoms with Crippen LogP contribution in [0.5, 0.6) is 0 Å². The van der Waals surface area contributed by atoms with Gasteiger partial charge in [-0.05, 0) is 81.9 Å². The van der Waals surface area contributed by atoms with Crippen LogP contribution in [0.1, 0.15) is 43.7 Å². The van der Waals surface area contributed by atoms with E-state index in [9.17, 15) is 4.39 Å². The van der Waals surface area contributed by atoms with Crippen LogP contribution in [-0.2, 0) is 0 Å². The highest BCUT2D eigenvalue weighted by Gasteiger charge is 2.31. The van der Waals surface area contributed by atoms with E-state index in [0.29, 0.717) is 6.04 Å². The number of rotatable bonds is 7. The number of halogens is 1. The first-order chi connectivity index (χ1) is 9.83. The van der Waals surface area contributed by atoms with Gasteiger partial charge in [0.1, 0.15) is 5.82 Å². The third kappa shape index (κ3) is 3.80. The highest BCUT2D eigenvalue weighted by molar-refractivity contribution is 5.21. The fourth-order valence-electron chi connectivity index (χ4n) is 3.22. The number of hydrogen-bond donors (Lipinski definition) is 1. The minimum absolute atomic E-state index is 0.141. The predicted octanol–water partition coefficient (Wildman–Crippen LogP) is 3.35. The van der Waals surface area contributed by atoms with E-state index < -0.39 is 0 Å².